The molecule has 2 aromatic carbocycles. The molecular weight excluding hydrogens is 360 g/mol. The number of carbonyl (C=O) groups excluding carboxylic acids is 3. The van der Waals surface area contributed by atoms with Gasteiger partial charge in [-0.2, -0.15) is 0 Å². The summed E-state index contributed by atoms with van der Waals surface area (Å²) in [5.41, 5.74) is 1.68. The molecule has 0 bridgehead atoms. The molecule has 148 valence electrons. The van der Waals surface area contributed by atoms with E-state index in [2.05, 4.69) is 5.32 Å². The summed E-state index contributed by atoms with van der Waals surface area (Å²) in [6.45, 7) is 3.91. The number of anilines is 1. The Bertz CT molecular complexity index is 833. The summed E-state index contributed by atoms with van der Waals surface area (Å²) >= 11 is 0. The molecule has 0 atom stereocenters. The van der Waals surface area contributed by atoms with Gasteiger partial charge in [0.2, 0.25) is 5.91 Å². The molecule has 0 heterocycles. The number of nitrogens with zero attached hydrogens (tertiary/aromatic N) is 1. The van der Waals surface area contributed by atoms with Crippen molar-refractivity contribution >= 4 is 23.5 Å². The molecule has 0 spiro atoms. The van der Waals surface area contributed by atoms with Crippen LogP contribution in [0.3, 0.4) is 0 Å². The molecule has 7 nitrogen and oxygen atoms in total. The minimum absolute atomic E-state index is 0.239. The average Bonchev–Trinajstić information content (AvgIpc) is 2.67. The number of rotatable bonds is 8. The summed E-state index contributed by atoms with van der Waals surface area (Å²) in [7, 11) is 1.64. The van der Waals surface area contributed by atoms with Gasteiger partial charge in [-0.25, -0.2) is 4.79 Å². The number of ether oxygens (including phenoxy) is 2. The fraction of sp³-hybridized carbons (Fsp3) is 0.286. The standard InChI is InChI=1S/C21H24N2O5/c1-4-27-19-10-8-16(9-11-19)13-23(3)20(25)14-28-21(26)17-6-5-7-18(12-17)22-15(2)24/h5-12H,4,13-14H2,1-3H3,(H,22,24). The molecule has 0 aliphatic heterocycles. The Labute approximate surface area is 164 Å². The normalized spacial score (nSPS) is 10.1. The van der Waals surface area contributed by atoms with E-state index in [1.165, 1.54) is 17.9 Å². The van der Waals surface area contributed by atoms with E-state index < -0.39 is 5.97 Å². The number of hydrogen-bond donors (Lipinski definition) is 1. The molecular formula is C21H24N2O5. The van der Waals surface area contributed by atoms with Crippen molar-refractivity contribution in [2.75, 3.05) is 25.6 Å². The van der Waals surface area contributed by atoms with Gasteiger partial charge in [0, 0.05) is 26.2 Å². The van der Waals surface area contributed by atoms with E-state index >= 15 is 0 Å². The minimum Gasteiger partial charge on any atom is -0.494 e. The molecule has 7 heteroatoms. The summed E-state index contributed by atoms with van der Waals surface area (Å²) in [6.07, 6.45) is 0. The topological polar surface area (TPSA) is 84.9 Å². The lowest BCUT2D eigenvalue weighted by molar-refractivity contribution is -0.133. The van der Waals surface area contributed by atoms with Crippen LogP contribution in [-0.4, -0.2) is 42.9 Å². The Kier molecular flexibility index (Phi) is 7.56. The van der Waals surface area contributed by atoms with Gasteiger partial charge in [-0.15, -0.1) is 0 Å². The highest BCUT2D eigenvalue weighted by atomic mass is 16.5. The van der Waals surface area contributed by atoms with Crippen LogP contribution in [0.5, 0.6) is 5.75 Å². The number of amides is 2. The molecule has 0 aliphatic carbocycles. The fourth-order valence-electron chi connectivity index (χ4n) is 2.47. The first kappa shape index (κ1) is 21.0. The molecule has 0 saturated heterocycles. The lowest BCUT2D eigenvalue weighted by Gasteiger charge is -2.17. The van der Waals surface area contributed by atoms with Crippen LogP contribution in [0.4, 0.5) is 5.69 Å². The van der Waals surface area contributed by atoms with Crippen LogP contribution in [0.2, 0.25) is 0 Å². The first-order chi connectivity index (χ1) is 13.4. The molecule has 0 unspecified atom stereocenters. The third kappa shape index (κ3) is 6.42. The molecule has 28 heavy (non-hydrogen) atoms. The molecule has 2 amide bonds. The molecule has 0 saturated carbocycles. The van der Waals surface area contributed by atoms with Gasteiger partial charge in [0.15, 0.2) is 6.61 Å². The first-order valence-electron chi connectivity index (χ1n) is 8.89. The van der Waals surface area contributed by atoms with Gasteiger partial charge in [0.1, 0.15) is 5.75 Å². The van der Waals surface area contributed by atoms with Crippen LogP contribution in [0.15, 0.2) is 48.5 Å². The van der Waals surface area contributed by atoms with Crippen LogP contribution in [0, 0.1) is 0 Å². The summed E-state index contributed by atoms with van der Waals surface area (Å²) in [6, 6.07) is 13.8. The van der Waals surface area contributed by atoms with Crippen molar-refractivity contribution in [1.29, 1.82) is 0 Å². The lowest BCUT2D eigenvalue weighted by Crippen LogP contribution is -2.30. The van der Waals surface area contributed by atoms with Crippen LogP contribution in [0.1, 0.15) is 29.8 Å². The van der Waals surface area contributed by atoms with Crippen LogP contribution >= 0.6 is 0 Å². The zero-order valence-corrected chi connectivity index (χ0v) is 16.2. The molecule has 2 aromatic rings. The van der Waals surface area contributed by atoms with E-state index in [0.29, 0.717) is 18.8 Å². The molecule has 0 aromatic heterocycles. The lowest BCUT2D eigenvalue weighted by atomic mass is 10.2. The molecule has 0 fully saturated rings. The number of esters is 1. The quantitative estimate of drug-likeness (QED) is 0.708. The van der Waals surface area contributed by atoms with Crippen molar-refractivity contribution in [3.8, 4) is 5.75 Å². The van der Waals surface area contributed by atoms with Crippen molar-refractivity contribution in [3.63, 3.8) is 0 Å². The van der Waals surface area contributed by atoms with Crippen LogP contribution < -0.4 is 10.1 Å². The predicted molar refractivity (Wildman–Crippen MR) is 105 cm³/mol. The van der Waals surface area contributed by atoms with Gasteiger partial charge in [-0.1, -0.05) is 18.2 Å². The maximum absolute atomic E-state index is 12.2. The Morgan fingerprint density at radius 3 is 2.43 bits per heavy atom. The number of nitrogens with one attached hydrogen (secondary N) is 1. The number of carbonyl (C=O) groups is 3. The van der Waals surface area contributed by atoms with E-state index in [0.717, 1.165) is 11.3 Å². The largest absolute Gasteiger partial charge is 0.494 e. The maximum Gasteiger partial charge on any atom is 0.338 e. The van der Waals surface area contributed by atoms with Gasteiger partial charge < -0.3 is 19.7 Å². The fourth-order valence-corrected chi connectivity index (χ4v) is 2.47. The third-order valence-electron chi connectivity index (χ3n) is 3.83. The Balaban J connectivity index is 1.86. The van der Waals surface area contributed by atoms with E-state index in [4.69, 9.17) is 9.47 Å². The van der Waals surface area contributed by atoms with Crippen molar-refractivity contribution in [2.24, 2.45) is 0 Å². The van der Waals surface area contributed by atoms with Gasteiger partial charge >= 0.3 is 5.97 Å². The monoisotopic (exact) mass is 384 g/mol. The predicted octanol–water partition coefficient (Wildman–Crippen LogP) is 2.86. The SMILES string of the molecule is CCOc1ccc(CN(C)C(=O)COC(=O)c2cccc(NC(C)=O)c2)cc1. The Morgan fingerprint density at radius 1 is 1.07 bits per heavy atom. The second kappa shape index (κ2) is 10.1. The second-order valence-corrected chi connectivity index (χ2v) is 6.16. The van der Waals surface area contributed by atoms with Gasteiger partial charge in [-0.05, 0) is 42.8 Å². The second-order valence-electron chi connectivity index (χ2n) is 6.16. The zero-order valence-electron chi connectivity index (χ0n) is 16.2. The minimum atomic E-state index is -0.630. The smallest absolute Gasteiger partial charge is 0.338 e. The highest BCUT2D eigenvalue weighted by Crippen LogP contribution is 2.14. The highest BCUT2D eigenvalue weighted by Gasteiger charge is 2.14. The Morgan fingerprint density at radius 2 is 1.79 bits per heavy atom. The van der Waals surface area contributed by atoms with E-state index in [-0.39, 0.29) is 24.0 Å². The molecule has 0 aliphatic rings. The molecule has 0 radical (unpaired) electrons. The number of benzene rings is 2. The number of hydrogen-bond acceptors (Lipinski definition) is 5. The highest BCUT2D eigenvalue weighted by molar-refractivity contribution is 5.94. The van der Waals surface area contributed by atoms with Crippen molar-refractivity contribution < 1.29 is 23.9 Å². The van der Waals surface area contributed by atoms with Crippen LogP contribution in [-0.2, 0) is 20.9 Å². The van der Waals surface area contributed by atoms with Gasteiger partial charge in [-0.3, -0.25) is 9.59 Å². The van der Waals surface area contributed by atoms with Gasteiger partial charge in [0.25, 0.3) is 5.91 Å². The first-order valence-corrected chi connectivity index (χ1v) is 8.89. The van der Waals surface area contributed by atoms with E-state index in [9.17, 15) is 14.4 Å². The molecule has 1 N–H and O–H groups in total. The van der Waals surface area contributed by atoms with Crippen molar-refractivity contribution in [2.45, 2.75) is 20.4 Å². The summed E-state index contributed by atoms with van der Waals surface area (Å²) in [4.78, 5) is 37.0. The summed E-state index contributed by atoms with van der Waals surface area (Å²) in [5, 5.41) is 2.59. The molecule has 2 rings (SSSR count). The van der Waals surface area contributed by atoms with E-state index in [1.807, 2.05) is 31.2 Å². The van der Waals surface area contributed by atoms with E-state index in [1.54, 1.807) is 25.2 Å². The maximum atomic E-state index is 12.2. The summed E-state index contributed by atoms with van der Waals surface area (Å²) < 4.78 is 10.5. The van der Waals surface area contributed by atoms with Crippen LogP contribution in [0.25, 0.3) is 0 Å². The Hall–Kier alpha value is -3.35. The average molecular weight is 384 g/mol. The van der Waals surface area contributed by atoms with Crippen molar-refractivity contribution in [1.82, 2.24) is 4.90 Å². The van der Waals surface area contributed by atoms with Gasteiger partial charge in [0.05, 0.1) is 12.2 Å². The zero-order chi connectivity index (χ0) is 20.5. The summed E-state index contributed by atoms with van der Waals surface area (Å²) in [5.74, 6) is -0.414. The van der Waals surface area contributed by atoms with Crippen molar-refractivity contribution in [3.05, 3.63) is 59.7 Å². The number of likely N-dealkylation sites (N-methyl/N-ethyl adjacent to an activating group) is 1. The third-order valence-corrected chi connectivity index (χ3v) is 3.83.